The van der Waals surface area contributed by atoms with Crippen LogP contribution in [0.15, 0.2) is 24.3 Å². The summed E-state index contributed by atoms with van der Waals surface area (Å²) in [5.41, 5.74) is 0.286. The standard InChI is InChI=1S/C18H25NO6S/c1-12(2)10-24-16-6-4-5-14(9-16)18(21)25-13(3)17(20)19-15-7-8-26(22,23)11-15/h4-6,9,12-13,15H,7-8,10-11H2,1-3H3,(H,19,20)/t13-,15+/m1/s1. The van der Waals surface area contributed by atoms with Crippen molar-refractivity contribution in [2.45, 2.75) is 39.3 Å². The van der Waals surface area contributed by atoms with Crippen LogP contribution in [0.2, 0.25) is 0 Å². The van der Waals surface area contributed by atoms with Gasteiger partial charge in [-0.3, -0.25) is 4.79 Å². The first-order valence-electron chi connectivity index (χ1n) is 8.61. The lowest BCUT2D eigenvalue weighted by Crippen LogP contribution is -2.42. The van der Waals surface area contributed by atoms with Gasteiger partial charge in [-0.1, -0.05) is 19.9 Å². The van der Waals surface area contributed by atoms with E-state index in [4.69, 9.17) is 9.47 Å². The third-order valence-electron chi connectivity index (χ3n) is 3.88. The van der Waals surface area contributed by atoms with E-state index >= 15 is 0 Å². The summed E-state index contributed by atoms with van der Waals surface area (Å²) in [4.78, 5) is 24.3. The fraction of sp³-hybridized carbons (Fsp3) is 0.556. The second kappa shape index (κ2) is 8.53. The lowest BCUT2D eigenvalue weighted by Gasteiger charge is -2.17. The molecular weight excluding hydrogens is 358 g/mol. The number of sulfone groups is 1. The average molecular weight is 383 g/mol. The van der Waals surface area contributed by atoms with Gasteiger partial charge in [0.25, 0.3) is 5.91 Å². The number of hydrogen-bond donors (Lipinski definition) is 1. The summed E-state index contributed by atoms with van der Waals surface area (Å²) in [5, 5.41) is 2.62. The van der Waals surface area contributed by atoms with Crippen LogP contribution in [0.1, 0.15) is 37.6 Å². The van der Waals surface area contributed by atoms with Crippen molar-refractivity contribution in [2.75, 3.05) is 18.1 Å². The topological polar surface area (TPSA) is 98.8 Å². The van der Waals surface area contributed by atoms with Crippen LogP contribution < -0.4 is 10.1 Å². The molecule has 1 aromatic carbocycles. The summed E-state index contributed by atoms with van der Waals surface area (Å²) >= 11 is 0. The van der Waals surface area contributed by atoms with Crippen LogP contribution in [-0.2, 0) is 19.4 Å². The number of amides is 1. The zero-order chi connectivity index (χ0) is 19.3. The third-order valence-corrected chi connectivity index (χ3v) is 5.65. The monoisotopic (exact) mass is 383 g/mol. The minimum atomic E-state index is -3.09. The summed E-state index contributed by atoms with van der Waals surface area (Å²) < 4.78 is 33.6. The molecule has 1 aromatic rings. The van der Waals surface area contributed by atoms with Crippen molar-refractivity contribution in [3.05, 3.63) is 29.8 Å². The van der Waals surface area contributed by atoms with Crippen LogP contribution >= 0.6 is 0 Å². The molecule has 0 aromatic heterocycles. The summed E-state index contributed by atoms with van der Waals surface area (Å²) in [6.07, 6.45) is -0.643. The maximum atomic E-state index is 12.2. The highest BCUT2D eigenvalue weighted by Gasteiger charge is 2.30. The number of nitrogens with one attached hydrogen (secondary N) is 1. The van der Waals surface area contributed by atoms with Gasteiger partial charge in [0.15, 0.2) is 15.9 Å². The van der Waals surface area contributed by atoms with Gasteiger partial charge in [-0.05, 0) is 37.5 Å². The first-order chi connectivity index (χ1) is 12.2. The van der Waals surface area contributed by atoms with Crippen LogP contribution in [0.25, 0.3) is 0 Å². The van der Waals surface area contributed by atoms with Gasteiger partial charge in [0.1, 0.15) is 5.75 Å². The molecule has 0 bridgehead atoms. The first-order valence-corrected chi connectivity index (χ1v) is 10.4. The van der Waals surface area contributed by atoms with E-state index in [1.165, 1.54) is 6.92 Å². The number of hydrogen-bond acceptors (Lipinski definition) is 6. The molecular formula is C18H25NO6S. The first kappa shape index (κ1) is 20.2. The summed E-state index contributed by atoms with van der Waals surface area (Å²) in [6.45, 7) is 6.03. The highest BCUT2D eigenvalue weighted by Crippen LogP contribution is 2.16. The predicted octanol–water partition coefficient (Wildman–Crippen LogP) is 1.57. The van der Waals surface area contributed by atoms with Crippen LogP contribution in [0.4, 0.5) is 0 Å². The molecule has 0 spiro atoms. The van der Waals surface area contributed by atoms with E-state index in [9.17, 15) is 18.0 Å². The molecule has 1 saturated heterocycles. The van der Waals surface area contributed by atoms with E-state index < -0.39 is 33.9 Å². The lowest BCUT2D eigenvalue weighted by atomic mass is 10.2. The van der Waals surface area contributed by atoms with Crippen LogP contribution in [0.3, 0.4) is 0 Å². The van der Waals surface area contributed by atoms with Crippen molar-refractivity contribution in [3.63, 3.8) is 0 Å². The van der Waals surface area contributed by atoms with Gasteiger partial charge in [0.2, 0.25) is 0 Å². The molecule has 1 N–H and O–H groups in total. The van der Waals surface area contributed by atoms with Crippen molar-refractivity contribution in [2.24, 2.45) is 5.92 Å². The van der Waals surface area contributed by atoms with Crippen molar-refractivity contribution in [1.82, 2.24) is 5.32 Å². The molecule has 7 nitrogen and oxygen atoms in total. The van der Waals surface area contributed by atoms with E-state index in [1.807, 2.05) is 13.8 Å². The van der Waals surface area contributed by atoms with Crippen LogP contribution in [0, 0.1) is 5.92 Å². The Hall–Kier alpha value is -2.09. The van der Waals surface area contributed by atoms with Gasteiger partial charge < -0.3 is 14.8 Å². The minimum Gasteiger partial charge on any atom is -0.493 e. The van der Waals surface area contributed by atoms with Gasteiger partial charge in [-0.2, -0.15) is 0 Å². The Morgan fingerprint density at radius 1 is 1.27 bits per heavy atom. The van der Waals surface area contributed by atoms with E-state index in [-0.39, 0.29) is 17.1 Å². The van der Waals surface area contributed by atoms with Crippen molar-refractivity contribution >= 4 is 21.7 Å². The molecule has 8 heteroatoms. The molecule has 26 heavy (non-hydrogen) atoms. The summed E-state index contributed by atoms with van der Waals surface area (Å²) in [5.74, 6) is -0.242. The van der Waals surface area contributed by atoms with E-state index in [0.29, 0.717) is 24.7 Å². The Balaban J connectivity index is 1.90. The predicted molar refractivity (Wildman–Crippen MR) is 96.9 cm³/mol. The summed E-state index contributed by atoms with van der Waals surface area (Å²) in [6, 6.07) is 6.15. The number of esters is 1. The summed E-state index contributed by atoms with van der Waals surface area (Å²) in [7, 11) is -3.09. The molecule has 1 fully saturated rings. The van der Waals surface area contributed by atoms with Crippen molar-refractivity contribution in [3.8, 4) is 5.75 Å². The molecule has 0 saturated carbocycles. The fourth-order valence-electron chi connectivity index (χ4n) is 2.49. The molecule has 1 amide bonds. The molecule has 0 aliphatic carbocycles. The SMILES string of the molecule is CC(C)COc1cccc(C(=O)O[C@H](C)C(=O)N[C@H]2CCS(=O)(=O)C2)c1. The van der Waals surface area contributed by atoms with Crippen molar-refractivity contribution in [1.29, 1.82) is 0 Å². The van der Waals surface area contributed by atoms with Gasteiger partial charge in [-0.15, -0.1) is 0 Å². The fourth-order valence-corrected chi connectivity index (χ4v) is 4.16. The number of carbonyl (C=O) groups excluding carboxylic acids is 2. The lowest BCUT2D eigenvalue weighted by molar-refractivity contribution is -0.129. The Morgan fingerprint density at radius 3 is 2.62 bits per heavy atom. The highest BCUT2D eigenvalue weighted by molar-refractivity contribution is 7.91. The van der Waals surface area contributed by atoms with Crippen molar-refractivity contribution < 1.29 is 27.5 Å². The minimum absolute atomic E-state index is 0.0648. The highest BCUT2D eigenvalue weighted by atomic mass is 32.2. The quantitative estimate of drug-likeness (QED) is 0.718. The number of ether oxygens (including phenoxy) is 2. The third kappa shape index (κ3) is 6.01. The second-order valence-electron chi connectivity index (χ2n) is 6.89. The average Bonchev–Trinajstić information content (AvgIpc) is 2.91. The molecule has 0 unspecified atom stereocenters. The molecule has 2 atom stereocenters. The van der Waals surface area contributed by atoms with E-state index in [0.717, 1.165) is 0 Å². The van der Waals surface area contributed by atoms with E-state index in [2.05, 4.69) is 5.32 Å². The van der Waals surface area contributed by atoms with Gasteiger partial charge in [0, 0.05) is 6.04 Å². The molecule has 0 radical (unpaired) electrons. The molecule has 2 rings (SSSR count). The Morgan fingerprint density at radius 2 is 2.00 bits per heavy atom. The van der Waals surface area contributed by atoms with E-state index in [1.54, 1.807) is 24.3 Å². The van der Waals surface area contributed by atoms with Gasteiger partial charge in [-0.25, -0.2) is 13.2 Å². The number of rotatable bonds is 7. The largest absolute Gasteiger partial charge is 0.493 e. The Bertz CT molecular complexity index is 759. The maximum absolute atomic E-state index is 12.2. The number of benzene rings is 1. The zero-order valence-electron chi connectivity index (χ0n) is 15.2. The molecule has 1 aliphatic rings. The molecule has 1 aliphatic heterocycles. The smallest absolute Gasteiger partial charge is 0.339 e. The van der Waals surface area contributed by atoms with Crippen LogP contribution in [0.5, 0.6) is 5.75 Å². The molecule has 144 valence electrons. The maximum Gasteiger partial charge on any atom is 0.339 e. The number of carbonyl (C=O) groups is 2. The van der Waals surface area contributed by atoms with Gasteiger partial charge >= 0.3 is 5.97 Å². The Labute approximate surface area is 154 Å². The van der Waals surface area contributed by atoms with Crippen LogP contribution in [-0.4, -0.2) is 50.6 Å². The normalized spacial score (nSPS) is 19.8. The zero-order valence-corrected chi connectivity index (χ0v) is 16.0. The Kier molecular flexibility index (Phi) is 6.63. The second-order valence-corrected chi connectivity index (χ2v) is 9.12. The molecule has 1 heterocycles. The van der Waals surface area contributed by atoms with Gasteiger partial charge in [0.05, 0.1) is 23.7 Å².